The lowest BCUT2D eigenvalue weighted by atomic mass is 10.1. The van der Waals surface area contributed by atoms with E-state index in [1.165, 1.54) is 0 Å². The molecule has 3 aromatic carbocycles. The molecule has 6 heteroatoms. The molecule has 0 aliphatic heterocycles. The number of carbonyl (C=O) groups is 1. The van der Waals surface area contributed by atoms with Crippen molar-refractivity contribution in [3.8, 4) is 11.5 Å². The van der Waals surface area contributed by atoms with E-state index in [0.29, 0.717) is 24.7 Å². The van der Waals surface area contributed by atoms with Crippen molar-refractivity contribution in [2.45, 2.75) is 25.9 Å². The highest BCUT2D eigenvalue weighted by atomic mass is 16.5. The molecular weight excluding hydrogens is 450 g/mol. The van der Waals surface area contributed by atoms with E-state index < -0.39 is 0 Å². The molecule has 6 nitrogen and oxygen atoms in total. The standard InChI is InChI=1S/C30H31N3O3/c1-4-10-24-15-17-27(28(21-24)35-3)36-20-19-33-26-14-9-8-13-25(26)32-30(33)22(2)31-29(34)18-16-23-11-6-5-7-12-23/h4-9,11-18,21-22H,1,10,19-20H2,2-3H3,(H,31,34)/b18-16-. The Morgan fingerprint density at radius 3 is 2.64 bits per heavy atom. The third-order valence-corrected chi connectivity index (χ3v) is 5.84. The van der Waals surface area contributed by atoms with Gasteiger partial charge >= 0.3 is 0 Å². The zero-order valence-corrected chi connectivity index (χ0v) is 20.7. The zero-order chi connectivity index (χ0) is 25.3. The first-order valence-electron chi connectivity index (χ1n) is 12.0. The average Bonchev–Trinajstić information content (AvgIpc) is 3.27. The van der Waals surface area contributed by atoms with Crippen LogP contribution in [-0.4, -0.2) is 29.2 Å². The van der Waals surface area contributed by atoms with E-state index in [1.807, 2.05) is 85.8 Å². The number of nitrogens with one attached hydrogen (secondary N) is 1. The Hall–Kier alpha value is -4.32. The molecule has 4 rings (SSSR count). The number of carbonyl (C=O) groups excluding carboxylic acids is 1. The maximum absolute atomic E-state index is 12.6. The minimum absolute atomic E-state index is 0.175. The fourth-order valence-electron chi connectivity index (χ4n) is 4.09. The van der Waals surface area contributed by atoms with Crippen molar-refractivity contribution >= 4 is 23.0 Å². The second-order valence-electron chi connectivity index (χ2n) is 8.41. The first-order chi connectivity index (χ1) is 17.6. The van der Waals surface area contributed by atoms with Crippen LogP contribution in [0.4, 0.5) is 0 Å². The highest BCUT2D eigenvalue weighted by molar-refractivity contribution is 5.92. The van der Waals surface area contributed by atoms with Gasteiger partial charge in [-0.1, -0.05) is 54.6 Å². The summed E-state index contributed by atoms with van der Waals surface area (Å²) in [7, 11) is 1.64. The summed E-state index contributed by atoms with van der Waals surface area (Å²) < 4.78 is 13.7. The SMILES string of the molecule is C=CCc1ccc(OCCn2c(C(C)NC(=O)/C=C\c3ccccc3)nc3ccccc32)c(OC)c1. The van der Waals surface area contributed by atoms with Gasteiger partial charge in [0.1, 0.15) is 12.4 Å². The van der Waals surface area contributed by atoms with Crippen LogP contribution in [0.25, 0.3) is 17.1 Å². The summed E-state index contributed by atoms with van der Waals surface area (Å²) in [4.78, 5) is 17.4. The Morgan fingerprint density at radius 2 is 1.86 bits per heavy atom. The first kappa shape index (κ1) is 24.8. The Balaban J connectivity index is 1.48. The van der Waals surface area contributed by atoms with Gasteiger partial charge in [0.15, 0.2) is 11.5 Å². The normalized spacial score (nSPS) is 11.9. The van der Waals surface area contributed by atoms with E-state index in [1.54, 1.807) is 19.3 Å². The second-order valence-corrected chi connectivity index (χ2v) is 8.41. The molecule has 0 bridgehead atoms. The van der Waals surface area contributed by atoms with Gasteiger partial charge in [-0.25, -0.2) is 4.98 Å². The fourth-order valence-corrected chi connectivity index (χ4v) is 4.09. The number of allylic oxidation sites excluding steroid dienone is 1. The maximum atomic E-state index is 12.6. The fraction of sp³-hybridized carbons (Fsp3) is 0.200. The third-order valence-electron chi connectivity index (χ3n) is 5.84. The van der Waals surface area contributed by atoms with Crippen molar-refractivity contribution in [1.29, 1.82) is 0 Å². The van der Waals surface area contributed by atoms with Gasteiger partial charge in [-0.3, -0.25) is 4.79 Å². The van der Waals surface area contributed by atoms with Crippen molar-refractivity contribution in [3.63, 3.8) is 0 Å². The molecule has 1 unspecified atom stereocenters. The molecule has 0 spiro atoms. The molecule has 0 aliphatic rings. The molecule has 1 heterocycles. The molecular formula is C30H31N3O3. The van der Waals surface area contributed by atoms with Crippen LogP contribution in [0, 0.1) is 0 Å². The summed E-state index contributed by atoms with van der Waals surface area (Å²) in [6.45, 7) is 6.71. The number of para-hydroxylation sites is 2. The largest absolute Gasteiger partial charge is 0.493 e. The smallest absolute Gasteiger partial charge is 0.244 e. The Morgan fingerprint density at radius 1 is 1.08 bits per heavy atom. The van der Waals surface area contributed by atoms with Gasteiger partial charge in [0, 0.05) is 6.08 Å². The Bertz CT molecular complexity index is 1360. The van der Waals surface area contributed by atoms with Crippen LogP contribution in [0.2, 0.25) is 0 Å². The van der Waals surface area contributed by atoms with E-state index in [4.69, 9.17) is 14.5 Å². The number of rotatable bonds is 11. The minimum Gasteiger partial charge on any atom is -0.493 e. The molecule has 0 radical (unpaired) electrons. The molecule has 4 aromatic rings. The number of aromatic nitrogens is 2. The monoisotopic (exact) mass is 481 g/mol. The van der Waals surface area contributed by atoms with Crippen LogP contribution < -0.4 is 14.8 Å². The van der Waals surface area contributed by atoms with Crippen LogP contribution >= 0.6 is 0 Å². The molecule has 1 amide bonds. The highest BCUT2D eigenvalue weighted by Gasteiger charge is 2.18. The number of imidazole rings is 1. The van der Waals surface area contributed by atoms with Crippen molar-refractivity contribution < 1.29 is 14.3 Å². The number of fused-ring (bicyclic) bond motifs is 1. The van der Waals surface area contributed by atoms with Crippen molar-refractivity contribution in [2.24, 2.45) is 0 Å². The zero-order valence-electron chi connectivity index (χ0n) is 20.7. The van der Waals surface area contributed by atoms with E-state index in [9.17, 15) is 4.79 Å². The van der Waals surface area contributed by atoms with E-state index >= 15 is 0 Å². The number of nitrogens with zero attached hydrogens (tertiary/aromatic N) is 2. The molecule has 0 saturated carbocycles. The summed E-state index contributed by atoms with van der Waals surface area (Å²) in [5.74, 6) is 1.97. The van der Waals surface area contributed by atoms with Gasteiger partial charge in [-0.2, -0.15) is 0 Å². The molecule has 1 atom stereocenters. The summed E-state index contributed by atoms with van der Waals surface area (Å²) >= 11 is 0. The van der Waals surface area contributed by atoms with Crippen molar-refractivity contribution in [1.82, 2.24) is 14.9 Å². The number of hydrogen-bond acceptors (Lipinski definition) is 4. The van der Waals surface area contributed by atoms with E-state index in [2.05, 4.69) is 16.5 Å². The lowest BCUT2D eigenvalue weighted by Crippen LogP contribution is -2.27. The molecule has 1 aromatic heterocycles. The van der Waals surface area contributed by atoms with Crippen molar-refractivity contribution in [3.05, 3.63) is 108 Å². The Kier molecular flexibility index (Phi) is 8.19. The topological polar surface area (TPSA) is 65.4 Å². The van der Waals surface area contributed by atoms with Gasteiger partial charge in [0.05, 0.1) is 30.7 Å². The third kappa shape index (κ3) is 6.02. The van der Waals surface area contributed by atoms with Gasteiger partial charge in [-0.05, 0) is 54.8 Å². The summed E-state index contributed by atoms with van der Waals surface area (Å²) in [5.41, 5.74) is 3.95. The average molecular weight is 482 g/mol. The first-order valence-corrected chi connectivity index (χ1v) is 12.0. The highest BCUT2D eigenvalue weighted by Crippen LogP contribution is 2.29. The van der Waals surface area contributed by atoms with E-state index in [-0.39, 0.29) is 11.9 Å². The maximum Gasteiger partial charge on any atom is 0.244 e. The van der Waals surface area contributed by atoms with Crippen LogP contribution in [0.5, 0.6) is 11.5 Å². The summed E-state index contributed by atoms with van der Waals surface area (Å²) in [5, 5.41) is 3.03. The molecule has 0 aliphatic carbocycles. The number of ether oxygens (including phenoxy) is 2. The van der Waals surface area contributed by atoms with Crippen LogP contribution in [0.3, 0.4) is 0 Å². The van der Waals surface area contributed by atoms with Gasteiger partial charge < -0.3 is 19.4 Å². The predicted octanol–water partition coefficient (Wildman–Crippen LogP) is 5.74. The molecule has 0 saturated heterocycles. The lowest BCUT2D eigenvalue weighted by molar-refractivity contribution is -0.117. The number of methoxy groups -OCH3 is 1. The molecule has 36 heavy (non-hydrogen) atoms. The van der Waals surface area contributed by atoms with Gasteiger partial charge in [-0.15, -0.1) is 6.58 Å². The van der Waals surface area contributed by atoms with Crippen LogP contribution in [0.1, 0.15) is 29.9 Å². The van der Waals surface area contributed by atoms with Crippen LogP contribution in [-0.2, 0) is 17.8 Å². The lowest BCUT2D eigenvalue weighted by Gasteiger charge is -2.17. The summed E-state index contributed by atoms with van der Waals surface area (Å²) in [6, 6.07) is 23.3. The summed E-state index contributed by atoms with van der Waals surface area (Å²) in [6.07, 6.45) is 5.97. The number of hydrogen-bond donors (Lipinski definition) is 1. The molecule has 1 N–H and O–H groups in total. The predicted molar refractivity (Wildman–Crippen MR) is 144 cm³/mol. The van der Waals surface area contributed by atoms with E-state index in [0.717, 1.165) is 34.4 Å². The molecule has 184 valence electrons. The Labute approximate surface area is 211 Å². The van der Waals surface area contributed by atoms with Crippen LogP contribution in [0.15, 0.2) is 91.5 Å². The minimum atomic E-state index is -0.293. The quantitative estimate of drug-likeness (QED) is 0.219. The number of amides is 1. The molecule has 0 fully saturated rings. The second kappa shape index (κ2) is 11.9. The number of benzene rings is 3. The van der Waals surface area contributed by atoms with Crippen molar-refractivity contribution in [2.75, 3.05) is 13.7 Å². The van der Waals surface area contributed by atoms with Gasteiger partial charge in [0.2, 0.25) is 5.91 Å². The van der Waals surface area contributed by atoms with Gasteiger partial charge in [0.25, 0.3) is 0 Å².